The molecule has 6 N–H and O–H groups in total. The first-order chi connectivity index (χ1) is 18.9. The minimum Gasteiger partial charge on any atom is -0.370 e. The molecule has 0 rings (SSSR count). The van der Waals surface area contributed by atoms with Gasteiger partial charge in [-0.25, -0.2) is 0 Å². The van der Waals surface area contributed by atoms with Gasteiger partial charge in [0.15, 0.2) is 5.96 Å². The summed E-state index contributed by atoms with van der Waals surface area (Å²) < 4.78 is 10.7. The van der Waals surface area contributed by atoms with Crippen molar-refractivity contribution in [2.45, 2.75) is 116 Å². The van der Waals surface area contributed by atoms with Gasteiger partial charge in [0.2, 0.25) is 5.91 Å². The predicted molar refractivity (Wildman–Crippen MR) is 161 cm³/mol. The van der Waals surface area contributed by atoms with E-state index < -0.39 is 13.8 Å². The van der Waals surface area contributed by atoms with Crippen molar-refractivity contribution in [1.82, 2.24) is 15.5 Å². The van der Waals surface area contributed by atoms with E-state index in [2.05, 4.69) is 20.5 Å². The van der Waals surface area contributed by atoms with Crippen LogP contribution < -0.4 is 16.4 Å². The standard InChI is InChI=1S/C28H56N5O6P/c1-24(25(2)34)33(3)22-15-8-7-13-21-32-28(29)31-20-12-6-4-5-10-16-26(35)17-11-9-14-19-30-27(36)18-23-40(37,38)39/h24H,4-23H2,1-3H3,(H,30,36)(H3,29,31,32)(H2,37,38,39)/t24-/m1/s1. The van der Waals surface area contributed by atoms with Crippen LogP contribution in [0.25, 0.3) is 0 Å². The molecule has 0 bridgehead atoms. The number of carbonyl (C=O) groups is 3. The number of carbonyl (C=O) groups excluding carboxylic acids is 3. The molecule has 0 unspecified atom stereocenters. The summed E-state index contributed by atoms with van der Waals surface area (Å²) in [6, 6.07) is -0.00982. The lowest BCUT2D eigenvalue weighted by molar-refractivity contribution is -0.121. The second-order valence-electron chi connectivity index (χ2n) is 10.7. The van der Waals surface area contributed by atoms with Gasteiger partial charge in [-0.1, -0.05) is 38.5 Å². The van der Waals surface area contributed by atoms with E-state index in [1.165, 1.54) is 0 Å². The number of nitrogens with two attached hydrogens (primary N) is 1. The minimum atomic E-state index is -4.13. The van der Waals surface area contributed by atoms with E-state index in [1.807, 2.05) is 14.0 Å². The van der Waals surface area contributed by atoms with Crippen LogP contribution in [-0.2, 0) is 18.9 Å². The third kappa shape index (κ3) is 25.2. The maximum Gasteiger partial charge on any atom is 0.326 e. The number of rotatable bonds is 26. The molecule has 11 nitrogen and oxygen atoms in total. The third-order valence-corrected chi connectivity index (χ3v) is 7.78. The second kappa shape index (κ2) is 23.9. The first kappa shape index (κ1) is 38.2. The number of unbranched alkanes of at least 4 members (excludes halogenated alkanes) is 9. The van der Waals surface area contributed by atoms with Gasteiger partial charge in [0, 0.05) is 38.9 Å². The summed E-state index contributed by atoms with van der Waals surface area (Å²) in [5.41, 5.74) is 5.94. The molecule has 234 valence electrons. The highest BCUT2D eigenvalue weighted by atomic mass is 31.2. The number of ketones is 2. The van der Waals surface area contributed by atoms with Crippen molar-refractivity contribution >= 4 is 31.0 Å². The summed E-state index contributed by atoms with van der Waals surface area (Å²) in [5.74, 6) is 0.636. The maximum absolute atomic E-state index is 12.0. The average molecular weight is 590 g/mol. The Morgan fingerprint density at radius 2 is 1.35 bits per heavy atom. The van der Waals surface area contributed by atoms with E-state index in [0.717, 1.165) is 90.1 Å². The van der Waals surface area contributed by atoms with Crippen molar-refractivity contribution in [2.75, 3.05) is 39.4 Å². The number of aliphatic imine (C=N–C) groups is 1. The number of likely N-dealkylation sites (N-methyl/N-ethyl adjacent to an activating group) is 1. The van der Waals surface area contributed by atoms with Crippen molar-refractivity contribution in [1.29, 1.82) is 0 Å². The Morgan fingerprint density at radius 1 is 0.825 bits per heavy atom. The molecular formula is C28H56N5O6P. The van der Waals surface area contributed by atoms with E-state index >= 15 is 0 Å². The number of nitrogens with one attached hydrogen (secondary N) is 2. The second-order valence-corrected chi connectivity index (χ2v) is 12.5. The molecule has 0 saturated carbocycles. The van der Waals surface area contributed by atoms with Gasteiger partial charge in [-0.05, 0) is 66.0 Å². The summed E-state index contributed by atoms with van der Waals surface area (Å²) in [7, 11) is -2.14. The molecule has 1 amide bonds. The van der Waals surface area contributed by atoms with Crippen LogP contribution in [0.1, 0.15) is 110 Å². The average Bonchev–Trinajstić information content (AvgIpc) is 2.89. The summed E-state index contributed by atoms with van der Waals surface area (Å²) in [5, 5.41) is 5.82. The quantitative estimate of drug-likeness (QED) is 0.0438. The molecule has 0 radical (unpaired) electrons. The maximum atomic E-state index is 12.0. The molecule has 0 saturated heterocycles. The van der Waals surface area contributed by atoms with E-state index in [9.17, 15) is 18.9 Å². The number of Topliss-reactive ketones (excluding diaryl/α,β-unsaturated/α-hetero) is 2. The summed E-state index contributed by atoms with van der Waals surface area (Å²) in [6.45, 7) is 6.52. The zero-order valence-electron chi connectivity index (χ0n) is 25.2. The Hall–Kier alpha value is -1.81. The lowest BCUT2D eigenvalue weighted by Gasteiger charge is -2.22. The van der Waals surface area contributed by atoms with E-state index in [-0.39, 0.29) is 29.9 Å². The Labute approximate surface area is 241 Å². The zero-order valence-corrected chi connectivity index (χ0v) is 26.1. The molecule has 0 aliphatic heterocycles. The van der Waals surface area contributed by atoms with Crippen LogP contribution in [0, 0.1) is 0 Å². The van der Waals surface area contributed by atoms with Crippen LogP contribution in [0.2, 0.25) is 0 Å². The lowest BCUT2D eigenvalue weighted by atomic mass is 10.0. The van der Waals surface area contributed by atoms with Gasteiger partial charge in [0.1, 0.15) is 11.6 Å². The molecule has 0 aromatic carbocycles. The van der Waals surface area contributed by atoms with Crippen molar-refractivity contribution in [2.24, 2.45) is 10.7 Å². The van der Waals surface area contributed by atoms with Crippen molar-refractivity contribution in [3.05, 3.63) is 0 Å². The van der Waals surface area contributed by atoms with Gasteiger partial charge in [-0.3, -0.25) is 28.8 Å². The van der Waals surface area contributed by atoms with Crippen LogP contribution in [0.3, 0.4) is 0 Å². The fourth-order valence-corrected chi connectivity index (χ4v) is 4.59. The minimum absolute atomic E-state index is 0.00982. The molecule has 12 heteroatoms. The topological polar surface area (TPSA) is 174 Å². The number of hydrogen-bond donors (Lipinski definition) is 5. The fourth-order valence-electron chi connectivity index (χ4n) is 4.09. The SMILES string of the molecule is CC(=O)[C@@H](C)N(C)CCCCCCNC(N)=NCCCCCCCC(=O)CCCCCNC(=O)CCP(=O)(O)O. The monoisotopic (exact) mass is 589 g/mol. The highest BCUT2D eigenvalue weighted by Gasteiger charge is 2.15. The number of guanidine groups is 1. The summed E-state index contributed by atoms with van der Waals surface area (Å²) in [4.78, 5) is 58.9. The van der Waals surface area contributed by atoms with Crippen molar-refractivity contribution in [3.8, 4) is 0 Å². The van der Waals surface area contributed by atoms with Crippen LogP contribution >= 0.6 is 7.60 Å². The van der Waals surface area contributed by atoms with Crippen LogP contribution in [0.5, 0.6) is 0 Å². The van der Waals surface area contributed by atoms with Gasteiger partial charge >= 0.3 is 7.60 Å². The fraction of sp³-hybridized carbons (Fsp3) is 0.857. The molecule has 0 aromatic rings. The first-order valence-corrected chi connectivity index (χ1v) is 16.8. The Morgan fingerprint density at radius 3 is 1.98 bits per heavy atom. The summed E-state index contributed by atoms with van der Waals surface area (Å²) in [6.07, 6.45) is 12.4. The normalized spacial score (nSPS) is 12.9. The van der Waals surface area contributed by atoms with Gasteiger partial charge in [0.25, 0.3) is 0 Å². The largest absolute Gasteiger partial charge is 0.370 e. The third-order valence-electron chi connectivity index (χ3n) is 6.97. The molecule has 0 heterocycles. The highest BCUT2D eigenvalue weighted by molar-refractivity contribution is 7.51. The van der Waals surface area contributed by atoms with Crippen LogP contribution in [-0.4, -0.2) is 83.6 Å². The predicted octanol–water partition coefficient (Wildman–Crippen LogP) is 3.51. The van der Waals surface area contributed by atoms with Crippen molar-refractivity contribution < 1.29 is 28.7 Å². The van der Waals surface area contributed by atoms with Gasteiger partial charge in [-0.2, -0.15) is 0 Å². The van der Waals surface area contributed by atoms with E-state index in [0.29, 0.717) is 31.9 Å². The molecular weight excluding hydrogens is 533 g/mol. The zero-order chi connectivity index (χ0) is 30.2. The van der Waals surface area contributed by atoms with Gasteiger partial charge < -0.3 is 26.2 Å². The molecule has 40 heavy (non-hydrogen) atoms. The Kier molecular flexibility index (Phi) is 22.8. The van der Waals surface area contributed by atoms with Gasteiger partial charge in [0.05, 0.1) is 12.2 Å². The van der Waals surface area contributed by atoms with Crippen LogP contribution in [0.4, 0.5) is 0 Å². The molecule has 0 spiro atoms. The van der Waals surface area contributed by atoms with Crippen LogP contribution in [0.15, 0.2) is 4.99 Å². The van der Waals surface area contributed by atoms with Crippen molar-refractivity contribution in [3.63, 3.8) is 0 Å². The smallest absolute Gasteiger partial charge is 0.326 e. The Balaban J connectivity index is 3.52. The molecule has 0 fully saturated rings. The molecule has 0 aliphatic carbocycles. The highest BCUT2D eigenvalue weighted by Crippen LogP contribution is 2.34. The molecule has 0 aromatic heterocycles. The van der Waals surface area contributed by atoms with E-state index in [4.69, 9.17) is 15.5 Å². The van der Waals surface area contributed by atoms with E-state index in [1.54, 1.807) is 6.92 Å². The molecule has 1 atom stereocenters. The summed E-state index contributed by atoms with van der Waals surface area (Å²) >= 11 is 0. The van der Waals surface area contributed by atoms with Gasteiger partial charge in [-0.15, -0.1) is 0 Å². The Bertz CT molecular complexity index is 789. The lowest BCUT2D eigenvalue weighted by Crippen LogP contribution is -2.35. The number of hydrogen-bond acceptors (Lipinski definition) is 6. The molecule has 0 aliphatic rings. The number of amides is 1. The first-order valence-electron chi connectivity index (χ1n) is 15.0. The number of nitrogens with zero attached hydrogens (tertiary/aromatic N) is 2.